The third-order valence-corrected chi connectivity index (χ3v) is 3.21. The predicted molar refractivity (Wildman–Crippen MR) is 84.2 cm³/mol. The number of hydrogen-bond donors (Lipinski definition) is 1. The topological polar surface area (TPSA) is 21.3 Å². The van der Waals surface area contributed by atoms with Crippen molar-refractivity contribution in [2.45, 2.75) is 33.1 Å². The summed E-state index contributed by atoms with van der Waals surface area (Å²) in [7, 11) is 0. The van der Waals surface area contributed by atoms with E-state index in [0.717, 1.165) is 44.9 Å². The zero-order chi connectivity index (χ0) is 13.9. The van der Waals surface area contributed by atoms with Gasteiger partial charge in [-0.3, -0.25) is 0 Å². The van der Waals surface area contributed by atoms with Crippen LogP contribution < -0.4 is 5.32 Å². The van der Waals surface area contributed by atoms with Gasteiger partial charge in [0.05, 0.1) is 6.61 Å². The fourth-order valence-electron chi connectivity index (χ4n) is 1.80. The summed E-state index contributed by atoms with van der Waals surface area (Å²) in [5.41, 5.74) is 2.51. The molecule has 0 fully saturated rings. The van der Waals surface area contributed by atoms with Crippen LogP contribution in [-0.2, 0) is 11.2 Å². The highest BCUT2D eigenvalue weighted by Crippen LogP contribution is 2.12. The fourth-order valence-corrected chi connectivity index (χ4v) is 1.93. The molecule has 0 aliphatic rings. The maximum atomic E-state index is 5.71. The summed E-state index contributed by atoms with van der Waals surface area (Å²) in [6.07, 6.45) is 3.21. The second kappa shape index (κ2) is 10.1. The lowest BCUT2D eigenvalue weighted by molar-refractivity contribution is 0.132. The number of rotatable bonds is 10. The Labute approximate surface area is 122 Å². The molecule has 3 heteroatoms. The maximum absolute atomic E-state index is 5.71. The first-order valence-electron chi connectivity index (χ1n) is 7.19. The van der Waals surface area contributed by atoms with Gasteiger partial charge in [0.2, 0.25) is 0 Å². The molecular formula is C16H26ClNO. The molecule has 0 bridgehead atoms. The van der Waals surface area contributed by atoms with Gasteiger partial charge in [-0.05, 0) is 42.9 Å². The Hall–Kier alpha value is -0.730. The van der Waals surface area contributed by atoms with Gasteiger partial charge in [-0.25, -0.2) is 0 Å². The first-order chi connectivity index (χ1) is 9.22. The molecule has 0 aliphatic heterocycles. The number of nitrogens with one attached hydrogen (secondary N) is 1. The van der Waals surface area contributed by atoms with Gasteiger partial charge < -0.3 is 10.1 Å². The quantitative estimate of drug-likeness (QED) is 0.510. The molecule has 1 rings (SSSR count). The molecule has 0 unspecified atom stereocenters. The van der Waals surface area contributed by atoms with Crippen molar-refractivity contribution in [2.24, 2.45) is 5.92 Å². The molecule has 19 heavy (non-hydrogen) atoms. The lowest BCUT2D eigenvalue weighted by Crippen LogP contribution is -2.11. The molecule has 0 heterocycles. The first-order valence-corrected chi connectivity index (χ1v) is 7.72. The monoisotopic (exact) mass is 283 g/mol. The SMILES string of the molecule is CC(C)CCOCCNc1cccc(CCCCl)c1. The van der Waals surface area contributed by atoms with Gasteiger partial charge in [-0.2, -0.15) is 0 Å². The molecule has 0 aromatic heterocycles. The van der Waals surface area contributed by atoms with Crippen molar-refractivity contribution < 1.29 is 4.74 Å². The van der Waals surface area contributed by atoms with Crippen molar-refractivity contribution in [1.82, 2.24) is 0 Å². The van der Waals surface area contributed by atoms with Gasteiger partial charge in [0.1, 0.15) is 0 Å². The molecular weight excluding hydrogens is 258 g/mol. The Bertz CT molecular complexity index is 341. The van der Waals surface area contributed by atoms with Crippen LogP contribution in [0.25, 0.3) is 0 Å². The van der Waals surface area contributed by atoms with Gasteiger partial charge in [0.25, 0.3) is 0 Å². The standard InChI is InChI=1S/C16H26ClNO/c1-14(2)8-11-19-12-10-18-16-7-3-5-15(13-16)6-4-9-17/h3,5,7,13-14,18H,4,6,8-12H2,1-2H3. The Morgan fingerprint density at radius 3 is 2.84 bits per heavy atom. The van der Waals surface area contributed by atoms with E-state index in [9.17, 15) is 0 Å². The highest BCUT2D eigenvalue weighted by molar-refractivity contribution is 6.17. The van der Waals surface area contributed by atoms with E-state index in [-0.39, 0.29) is 0 Å². The lowest BCUT2D eigenvalue weighted by atomic mass is 10.1. The van der Waals surface area contributed by atoms with Crippen LogP contribution in [0, 0.1) is 5.92 Å². The average molecular weight is 284 g/mol. The van der Waals surface area contributed by atoms with Crippen LogP contribution in [0.1, 0.15) is 32.3 Å². The summed E-state index contributed by atoms with van der Waals surface area (Å²) in [5, 5.41) is 3.39. The minimum atomic E-state index is 0.714. The number of alkyl halides is 1. The van der Waals surface area contributed by atoms with E-state index < -0.39 is 0 Å². The highest BCUT2D eigenvalue weighted by Gasteiger charge is 1.97. The molecule has 0 radical (unpaired) electrons. The van der Waals surface area contributed by atoms with E-state index >= 15 is 0 Å². The van der Waals surface area contributed by atoms with Crippen LogP contribution in [0.15, 0.2) is 24.3 Å². The molecule has 0 aliphatic carbocycles. The van der Waals surface area contributed by atoms with Crippen molar-refractivity contribution in [3.8, 4) is 0 Å². The Kier molecular flexibility index (Phi) is 8.68. The summed E-state index contributed by atoms with van der Waals surface area (Å²) in [4.78, 5) is 0. The van der Waals surface area contributed by atoms with Gasteiger partial charge >= 0.3 is 0 Å². The van der Waals surface area contributed by atoms with Crippen LogP contribution in [0.3, 0.4) is 0 Å². The first kappa shape index (κ1) is 16.3. The molecule has 0 spiro atoms. The van der Waals surface area contributed by atoms with Crippen molar-refractivity contribution in [3.63, 3.8) is 0 Å². The van der Waals surface area contributed by atoms with E-state index in [1.807, 2.05) is 0 Å². The molecule has 0 atom stereocenters. The number of benzene rings is 1. The third-order valence-electron chi connectivity index (χ3n) is 2.94. The van der Waals surface area contributed by atoms with Crippen molar-refractivity contribution in [1.29, 1.82) is 0 Å². The second-order valence-electron chi connectivity index (χ2n) is 5.21. The number of anilines is 1. The van der Waals surface area contributed by atoms with Gasteiger partial charge in [0.15, 0.2) is 0 Å². The van der Waals surface area contributed by atoms with Crippen LogP contribution in [0.2, 0.25) is 0 Å². The van der Waals surface area contributed by atoms with Gasteiger partial charge in [-0.1, -0.05) is 26.0 Å². The largest absolute Gasteiger partial charge is 0.383 e. The summed E-state index contributed by atoms with van der Waals surface area (Å²) in [5.74, 6) is 1.44. The second-order valence-corrected chi connectivity index (χ2v) is 5.59. The average Bonchev–Trinajstić information content (AvgIpc) is 2.40. The predicted octanol–water partition coefficient (Wildman–Crippen LogP) is 4.33. The molecule has 0 saturated carbocycles. The maximum Gasteiger partial charge on any atom is 0.0639 e. The minimum absolute atomic E-state index is 0.714. The molecule has 2 nitrogen and oxygen atoms in total. The zero-order valence-electron chi connectivity index (χ0n) is 12.1. The molecule has 108 valence electrons. The van der Waals surface area contributed by atoms with Crippen molar-refractivity contribution >= 4 is 17.3 Å². The Morgan fingerprint density at radius 1 is 1.26 bits per heavy atom. The van der Waals surface area contributed by atoms with Gasteiger partial charge in [0, 0.05) is 24.7 Å². The molecule has 0 amide bonds. The number of ether oxygens (including phenoxy) is 1. The minimum Gasteiger partial charge on any atom is -0.383 e. The molecule has 0 saturated heterocycles. The highest BCUT2D eigenvalue weighted by atomic mass is 35.5. The Morgan fingerprint density at radius 2 is 2.11 bits per heavy atom. The number of aryl methyl sites for hydroxylation is 1. The van der Waals surface area contributed by atoms with Gasteiger partial charge in [-0.15, -0.1) is 11.6 Å². The van der Waals surface area contributed by atoms with Crippen LogP contribution in [0.5, 0.6) is 0 Å². The zero-order valence-corrected chi connectivity index (χ0v) is 12.9. The van der Waals surface area contributed by atoms with E-state index in [0.29, 0.717) is 5.92 Å². The normalized spacial score (nSPS) is 10.9. The number of hydrogen-bond acceptors (Lipinski definition) is 2. The number of halogens is 1. The van der Waals surface area contributed by atoms with Crippen molar-refractivity contribution in [2.75, 3.05) is 31.0 Å². The smallest absolute Gasteiger partial charge is 0.0639 e. The molecule has 1 aromatic rings. The van der Waals surface area contributed by atoms with Crippen LogP contribution >= 0.6 is 11.6 Å². The summed E-state index contributed by atoms with van der Waals surface area (Å²) in [6.45, 7) is 6.91. The molecule has 1 aromatic carbocycles. The van der Waals surface area contributed by atoms with Crippen LogP contribution in [0.4, 0.5) is 5.69 Å². The van der Waals surface area contributed by atoms with E-state index in [4.69, 9.17) is 16.3 Å². The van der Waals surface area contributed by atoms with Crippen LogP contribution in [-0.4, -0.2) is 25.6 Å². The summed E-state index contributed by atoms with van der Waals surface area (Å²) in [6, 6.07) is 8.53. The van der Waals surface area contributed by atoms with E-state index in [1.54, 1.807) is 0 Å². The van der Waals surface area contributed by atoms with E-state index in [1.165, 1.54) is 11.3 Å². The molecule has 1 N–H and O–H groups in total. The lowest BCUT2D eigenvalue weighted by Gasteiger charge is -2.09. The van der Waals surface area contributed by atoms with E-state index in [2.05, 4.69) is 43.4 Å². The fraction of sp³-hybridized carbons (Fsp3) is 0.625. The third kappa shape index (κ3) is 8.12. The Balaban J connectivity index is 2.18. The van der Waals surface area contributed by atoms with Crippen molar-refractivity contribution in [3.05, 3.63) is 29.8 Å². The summed E-state index contributed by atoms with van der Waals surface area (Å²) >= 11 is 5.71. The summed E-state index contributed by atoms with van der Waals surface area (Å²) < 4.78 is 5.58.